The van der Waals surface area contributed by atoms with E-state index < -0.39 is 5.97 Å². The number of carbonyl (C=O) groups excluding carboxylic acids is 2. The van der Waals surface area contributed by atoms with Gasteiger partial charge < -0.3 is 9.47 Å². The van der Waals surface area contributed by atoms with Gasteiger partial charge in [0.1, 0.15) is 12.7 Å². The highest BCUT2D eigenvalue weighted by molar-refractivity contribution is 5.82. The zero-order valence-electron chi connectivity index (χ0n) is 11.2. The van der Waals surface area contributed by atoms with Crippen LogP contribution in [0.15, 0.2) is 42.5 Å². The molecule has 102 valence electrons. The Labute approximate surface area is 113 Å². The van der Waals surface area contributed by atoms with Gasteiger partial charge in [-0.25, -0.2) is 4.79 Å². The molecule has 1 aromatic rings. The number of benzene rings is 1. The Balaban J connectivity index is 2.39. The topological polar surface area (TPSA) is 52.6 Å². The summed E-state index contributed by atoms with van der Waals surface area (Å²) in [5.74, 6) is -0.816. The maximum Gasteiger partial charge on any atom is 0.330 e. The van der Waals surface area contributed by atoms with Crippen molar-refractivity contribution in [2.75, 3.05) is 0 Å². The molecule has 0 heterocycles. The lowest BCUT2D eigenvalue weighted by Crippen LogP contribution is -2.13. The monoisotopic (exact) mass is 262 g/mol. The Morgan fingerprint density at radius 1 is 1.26 bits per heavy atom. The van der Waals surface area contributed by atoms with Gasteiger partial charge in [-0.15, -0.1) is 0 Å². The van der Waals surface area contributed by atoms with Crippen LogP contribution in [-0.2, 0) is 25.7 Å². The maximum atomic E-state index is 11.5. The van der Waals surface area contributed by atoms with Crippen molar-refractivity contribution < 1.29 is 19.1 Å². The van der Waals surface area contributed by atoms with Crippen LogP contribution in [0.3, 0.4) is 0 Å². The predicted molar refractivity (Wildman–Crippen MR) is 71.2 cm³/mol. The second-order valence-corrected chi connectivity index (χ2v) is 4.01. The third kappa shape index (κ3) is 6.41. The van der Waals surface area contributed by atoms with Gasteiger partial charge in [0, 0.05) is 13.0 Å². The summed E-state index contributed by atoms with van der Waals surface area (Å²) in [5, 5.41) is 0. The molecule has 0 aromatic heterocycles. The molecular weight excluding hydrogens is 244 g/mol. The number of carbonyl (C=O) groups is 2. The van der Waals surface area contributed by atoms with E-state index in [0.717, 1.165) is 5.56 Å². The van der Waals surface area contributed by atoms with Crippen molar-refractivity contribution in [2.45, 2.75) is 33.0 Å². The van der Waals surface area contributed by atoms with Crippen molar-refractivity contribution in [1.82, 2.24) is 0 Å². The molecule has 0 aliphatic rings. The van der Waals surface area contributed by atoms with E-state index >= 15 is 0 Å². The molecule has 4 nitrogen and oxygen atoms in total. The van der Waals surface area contributed by atoms with Gasteiger partial charge in [-0.05, 0) is 18.1 Å². The minimum absolute atomic E-state index is 0.231. The number of ether oxygens (including phenoxy) is 2. The highest BCUT2D eigenvalue weighted by atomic mass is 16.5. The summed E-state index contributed by atoms with van der Waals surface area (Å²) >= 11 is 0. The fraction of sp³-hybridized carbons (Fsp3) is 0.333. The molecule has 0 saturated heterocycles. The lowest BCUT2D eigenvalue weighted by atomic mass is 10.2. The van der Waals surface area contributed by atoms with Gasteiger partial charge in [0.15, 0.2) is 0 Å². The molecule has 1 aromatic carbocycles. The van der Waals surface area contributed by atoms with Crippen LogP contribution in [0.25, 0.3) is 0 Å². The third-order valence-corrected chi connectivity index (χ3v) is 2.39. The molecule has 0 radical (unpaired) electrons. The van der Waals surface area contributed by atoms with Crippen molar-refractivity contribution >= 4 is 11.9 Å². The smallest absolute Gasteiger partial charge is 0.330 e. The zero-order valence-corrected chi connectivity index (χ0v) is 11.2. The van der Waals surface area contributed by atoms with E-state index in [2.05, 4.69) is 0 Å². The van der Waals surface area contributed by atoms with Crippen LogP contribution >= 0.6 is 0 Å². The van der Waals surface area contributed by atoms with Gasteiger partial charge >= 0.3 is 11.9 Å². The minimum Gasteiger partial charge on any atom is -0.458 e. The molecule has 0 aliphatic carbocycles. The van der Waals surface area contributed by atoms with E-state index in [0.29, 0.717) is 6.42 Å². The highest BCUT2D eigenvalue weighted by Crippen LogP contribution is 2.03. The fourth-order valence-corrected chi connectivity index (χ4v) is 1.43. The Morgan fingerprint density at radius 3 is 2.53 bits per heavy atom. The maximum absolute atomic E-state index is 11.5. The fourth-order valence-electron chi connectivity index (χ4n) is 1.43. The van der Waals surface area contributed by atoms with Gasteiger partial charge in [0.05, 0.1) is 0 Å². The molecule has 0 fully saturated rings. The van der Waals surface area contributed by atoms with Crippen LogP contribution in [0, 0.1) is 0 Å². The van der Waals surface area contributed by atoms with Crippen LogP contribution in [0.4, 0.5) is 0 Å². The van der Waals surface area contributed by atoms with E-state index in [9.17, 15) is 9.59 Å². The highest BCUT2D eigenvalue weighted by Gasteiger charge is 2.06. The molecule has 0 saturated carbocycles. The first kappa shape index (κ1) is 15.0. The third-order valence-electron chi connectivity index (χ3n) is 2.39. The summed E-state index contributed by atoms with van der Waals surface area (Å²) in [7, 11) is 0. The molecule has 1 unspecified atom stereocenters. The molecule has 0 amide bonds. The normalized spacial score (nSPS) is 12.1. The van der Waals surface area contributed by atoms with E-state index in [1.807, 2.05) is 37.3 Å². The van der Waals surface area contributed by atoms with E-state index in [-0.39, 0.29) is 18.7 Å². The van der Waals surface area contributed by atoms with Gasteiger partial charge in [-0.2, -0.15) is 0 Å². The van der Waals surface area contributed by atoms with Crippen molar-refractivity contribution in [3.05, 3.63) is 48.0 Å². The average Bonchev–Trinajstić information content (AvgIpc) is 2.42. The van der Waals surface area contributed by atoms with Gasteiger partial charge in [0.25, 0.3) is 0 Å². The van der Waals surface area contributed by atoms with Crippen molar-refractivity contribution in [3.8, 4) is 0 Å². The quantitative estimate of drug-likeness (QED) is 0.584. The van der Waals surface area contributed by atoms with Gasteiger partial charge in [-0.1, -0.05) is 37.3 Å². The van der Waals surface area contributed by atoms with Crippen LogP contribution in [0.2, 0.25) is 0 Å². The summed E-state index contributed by atoms with van der Waals surface area (Å²) in [6, 6.07) is 9.42. The Morgan fingerprint density at radius 2 is 1.95 bits per heavy atom. The van der Waals surface area contributed by atoms with Crippen molar-refractivity contribution in [2.24, 2.45) is 0 Å². The molecular formula is C15H18O4. The summed E-state index contributed by atoms with van der Waals surface area (Å²) in [6.07, 6.45) is 3.05. The number of esters is 2. The number of hydrogen-bond donors (Lipinski definition) is 0. The number of rotatable bonds is 6. The van der Waals surface area contributed by atoms with Gasteiger partial charge in [-0.3, -0.25) is 4.79 Å². The molecule has 4 heteroatoms. The van der Waals surface area contributed by atoms with Crippen LogP contribution in [0.5, 0.6) is 0 Å². The van der Waals surface area contributed by atoms with Crippen LogP contribution in [-0.4, -0.2) is 18.0 Å². The van der Waals surface area contributed by atoms with E-state index in [4.69, 9.17) is 9.47 Å². The molecule has 1 atom stereocenters. The molecule has 0 N–H and O–H groups in total. The Bertz CT molecular complexity index is 437. The largest absolute Gasteiger partial charge is 0.458 e. The minimum atomic E-state index is -0.450. The van der Waals surface area contributed by atoms with Crippen molar-refractivity contribution in [3.63, 3.8) is 0 Å². The Kier molecular flexibility index (Phi) is 6.36. The molecule has 0 bridgehead atoms. The summed E-state index contributed by atoms with van der Waals surface area (Å²) < 4.78 is 10.0. The Hall–Kier alpha value is -2.10. The van der Waals surface area contributed by atoms with E-state index in [1.54, 1.807) is 0 Å². The summed E-state index contributed by atoms with van der Waals surface area (Å²) in [5.41, 5.74) is 0.927. The molecule has 19 heavy (non-hydrogen) atoms. The first-order valence-electron chi connectivity index (χ1n) is 6.18. The van der Waals surface area contributed by atoms with Crippen LogP contribution in [0.1, 0.15) is 25.8 Å². The predicted octanol–water partition coefficient (Wildman–Crippen LogP) is 2.63. The number of hydrogen-bond acceptors (Lipinski definition) is 4. The lowest BCUT2D eigenvalue weighted by molar-refractivity contribution is -0.144. The first-order chi connectivity index (χ1) is 9.11. The van der Waals surface area contributed by atoms with Gasteiger partial charge in [0.2, 0.25) is 0 Å². The lowest BCUT2D eigenvalue weighted by Gasteiger charge is -2.09. The van der Waals surface area contributed by atoms with Crippen LogP contribution < -0.4 is 0 Å². The van der Waals surface area contributed by atoms with E-state index in [1.165, 1.54) is 19.1 Å². The summed E-state index contributed by atoms with van der Waals surface area (Å²) in [4.78, 5) is 22.3. The standard InChI is InChI=1S/C15H18O4/c1-3-14(19-12(2)16)9-10-15(17)18-11-13-7-5-4-6-8-13/h4-10,14H,3,11H2,1-2H3/b10-9+. The second kappa shape index (κ2) is 8.08. The molecule has 0 spiro atoms. The van der Waals surface area contributed by atoms with Crippen molar-refractivity contribution in [1.29, 1.82) is 0 Å². The first-order valence-corrected chi connectivity index (χ1v) is 6.18. The average molecular weight is 262 g/mol. The summed E-state index contributed by atoms with van der Waals surface area (Å²) in [6.45, 7) is 3.44. The SMILES string of the molecule is CCC(/C=C/C(=O)OCc1ccccc1)OC(C)=O. The zero-order chi connectivity index (χ0) is 14.1. The molecule has 1 rings (SSSR count). The second-order valence-electron chi connectivity index (χ2n) is 4.01. The molecule has 0 aliphatic heterocycles.